The van der Waals surface area contributed by atoms with Gasteiger partial charge in [0.1, 0.15) is 11.2 Å². The molecule has 0 aliphatic carbocycles. The molecule has 3 aromatic heterocycles. The summed E-state index contributed by atoms with van der Waals surface area (Å²) in [5.74, 6) is 0. The minimum absolute atomic E-state index is 0.669. The zero-order valence-electron chi connectivity index (χ0n) is 28.4. The van der Waals surface area contributed by atoms with Crippen molar-refractivity contribution in [1.82, 2.24) is 4.57 Å². The number of rotatable bonds is 4. The number of para-hydroxylation sites is 1. The molecule has 0 spiro atoms. The summed E-state index contributed by atoms with van der Waals surface area (Å²) in [6.45, 7) is 8.15. The molecule has 0 radical (unpaired) electrons. The summed E-state index contributed by atoms with van der Waals surface area (Å²) in [6.07, 6.45) is 0. The van der Waals surface area contributed by atoms with Crippen molar-refractivity contribution in [3.05, 3.63) is 181 Å². The van der Waals surface area contributed by atoms with Crippen molar-refractivity contribution < 1.29 is 4.42 Å². The number of aromatic nitrogens is 1. The Morgan fingerprint density at radius 1 is 0.453 bits per heavy atom. The van der Waals surface area contributed by atoms with Crippen LogP contribution < -0.4 is 0 Å². The number of fused-ring (bicyclic) bond motifs is 9. The molecular weight excluding hydrogens is 665 g/mol. The van der Waals surface area contributed by atoms with E-state index in [0.717, 1.165) is 70.0 Å². The first kappa shape index (κ1) is 29.8. The smallest absolute Gasteiger partial charge is 0.204 e. The van der Waals surface area contributed by atoms with E-state index in [1.807, 2.05) is 18.2 Å². The average Bonchev–Trinajstić information content (AvgIpc) is 3.90. The molecule has 0 atom stereocenters. The van der Waals surface area contributed by atoms with Gasteiger partial charge in [-0.05, 0) is 87.3 Å². The van der Waals surface area contributed by atoms with E-state index < -0.39 is 0 Å². The van der Waals surface area contributed by atoms with Crippen LogP contribution in [0.1, 0.15) is 0 Å². The van der Waals surface area contributed by atoms with E-state index >= 15 is 0 Å². The summed E-state index contributed by atoms with van der Waals surface area (Å²) in [5, 5.41) is 6.89. The molecule has 0 amide bonds. The van der Waals surface area contributed by atoms with Crippen molar-refractivity contribution in [2.45, 2.75) is 0 Å². The molecule has 0 unspecified atom stereocenters. The normalized spacial score (nSPS) is 11.8. The summed E-state index contributed by atoms with van der Waals surface area (Å²) in [7, 11) is 0. The second kappa shape index (κ2) is 11.5. The van der Waals surface area contributed by atoms with E-state index in [9.17, 15) is 0 Å². The SMILES string of the molecule is [C-]#[N+]c1ccc(-c2ccc3c(c2)oc2ccccc23)c2c1sc1c(-n3c4ccc(-c5ccccc5)cc4c4cc(-c5ccccc5)ccc43)cccc12. The van der Waals surface area contributed by atoms with Crippen molar-refractivity contribution in [2.75, 3.05) is 0 Å². The molecule has 0 aliphatic heterocycles. The Hall–Kier alpha value is -6.93. The quantitative estimate of drug-likeness (QED) is 0.168. The maximum atomic E-state index is 8.15. The largest absolute Gasteiger partial charge is 0.456 e. The number of hydrogen-bond acceptors (Lipinski definition) is 2. The lowest BCUT2D eigenvalue weighted by atomic mass is 9.97. The third-order valence-corrected chi connectivity index (χ3v) is 11.9. The molecule has 0 bridgehead atoms. The van der Waals surface area contributed by atoms with Gasteiger partial charge in [0.15, 0.2) is 0 Å². The molecule has 8 aromatic carbocycles. The molecule has 3 heterocycles. The lowest BCUT2D eigenvalue weighted by Gasteiger charge is -2.11. The van der Waals surface area contributed by atoms with Crippen LogP contribution in [0.25, 0.3) is 108 Å². The molecular formula is C49H28N2OS. The lowest BCUT2D eigenvalue weighted by Crippen LogP contribution is -1.94. The summed E-state index contributed by atoms with van der Waals surface area (Å²) in [4.78, 5) is 4.01. The molecule has 0 saturated carbocycles. The Morgan fingerprint density at radius 3 is 1.77 bits per heavy atom. The summed E-state index contributed by atoms with van der Waals surface area (Å²) in [6, 6.07) is 60.3. The molecule has 11 aromatic rings. The van der Waals surface area contributed by atoms with Crippen LogP contribution in [-0.4, -0.2) is 4.57 Å². The first-order valence-corrected chi connectivity index (χ1v) is 18.5. The molecule has 4 heteroatoms. The first-order chi connectivity index (χ1) is 26.2. The molecule has 0 aliphatic rings. The molecule has 11 rings (SSSR count). The van der Waals surface area contributed by atoms with E-state index in [0.29, 0.717) is 5.69 Å². The van der Waals surface area contributed by atoms with Gasteiger partial charge < -0.3 is 8.98 Å². The van der Waals surface area contributed by atoms with Gasteiger partial charge in [0.05, 0.1) is 28.0 Å². The predicted molar refractivity (Wildman–Crippen MR) is 224 cm³/mol. The van der Waals surface area contributed by atoms with Gasteiger partial charge >= 0.3 is 0 Å². The van der Waals surface area contributed by atoms with Gasteiger partial charge in [0, 0.05) is 31.6 Å². The minimum Gasteiger partial charge on any atom is -0.456 e. The monoisotopic (exact) mass is 692 g/mol. The van der Waals surface area contributed by atoms with Gasteiger partial charge in [-0.1, -0.05) is 121 Å². The number of thiophene rings is 1. The Balaban J connectivity index is 1.18. The Kier molecular flexibility index (Phi) is 6.48. The van der Waals surface area contributed by atoms with Crippen LogP contribution in [0.5, 0.6) is 0 Å². The van der Waals surface area contributed by atoms with E-state index in [1.165, 1.54) is 33.0 Å². The molecule has 53 heavy (non-hydrogen) atoms. The standard InChI is InChI=1S/C49H28N2OS/c1-50-41-24-23-35(34-19-22-37-36-15-8-9-18-45(36)52-46(37)29-34)47-38-16-10-17-44(48(38)53-49(41)47)51-42-25-20-32(30-11-4-2-5-12-30)27-39(42)40-28-33(21-26-43(40)51)31-13-6-3-7-14-31/h2-29H. The van der Waals surface area contributed by atoms with Crippen molar-refractivity contribution in [2.24, 2.45) is 0 Å². The van der Waals surface area contributed by atoms with Crippen LogP contribution in [-0.2, 0) is 0 Å². The highest BCUT2D eigenvalue weighted by atomic mass is 32.1. The topological polar surface area (TPSA) is 22.4 Å². The van der Waals surface area contributed by atoms with Gasteiger partial charge in [0.2, 0.25) is 5.69 Å². The summed E-state index contributed by atoms with van der Waals surface area (Å²) in [5.41, 5.74) is 12.8. The third-order valence-electron chi connectivity index (χ3n) is 10.6. The Labute approximate surface area is 309 Å². The number of hydrogen-bond donors (Lipinski definition) is 0. The fourth-order valence-corrected chi connectivity index (χ4v) is 9.46. The van der Waals surface area contributed by atoms with Crippen LogP contribution in [0.15, 0.2) is 174 Å². The van der Waals surface area contributed by atoms with Crippen LogP contribution in [0.3, 0.4) is 0 Å². The highest BCUT2D eigenvalue weighted by Crippen LogP contribution is 2.48. The Bertz CT molecular complexity index is 3190. The summed E-state index contributed by atoms with van der Waals surface area (Å²) < 4.78 is 10.9. The number of nitrogens with zero attached hydrogens (tertiary/aromatic N) is 2. The van der Waals surface area contributed by atoms with Gasteiger partial charge in [-0.15, -0.1) is 11.3 Å². The van der Waals surface area contributed by atoms with E-state index in [4.69, 9.17) is 11.0 Å². The zero-order chi connectivity index (χ0) is 35.0. The average molecular weight is 693 g/mol. The van der Waals surface area contributed by atoms with Crippen LogP contribution >= 0.6 is 11.3 Å². The minimum atomic E-state index is 0.669. The van der Waals surface area contributed by atoms with E-state index in [-0.39, 0.29) is 0 Å². The van der Waals surface area contributed by atoms with Crippen molar-refractivity contribution in [3.63, 3.8) is 0 Å². The second-order valence-electron chi connectivity index (χ2n) is 13.5. The lowest BCUT2D eigenvalue weighted by molar-refractivity contribution is 0.669. The fourth-order valence-electron chi connectivity index (χ4n) is 8.17. The van der Waals surface area contributed by atoms with Crippen LogP contribution in [0.2, 0.25) is 0 Å². The second-order valence-corrected chi connectivity index (χ2v) is 14.6. The maximum absolute atomic E-state index is 8.15. The van der Waals surface area contributed by atoms with Crippen LogP contribution in [0.4, 0.5) is 5.69 Å². The van der Waals surface area contributed by atoms with Crippen molar-refractivity contribution >= 4 is 80.9 Å². The third kappa shape index (κ3) is 4.52. The zero-order valence-corrected chi connectivity index (χ0v) is 29.2. The summed E-state index contributed by atoms with van der Waals surface area (Å²) >= 11 is 1.71. The van der Waals surface area contributed by atoms with E-state index in [2.05, 4.69) is 161 Å². The van der Waals surface area contributed by atoms with Crippen LogP contribution in [0, 0.1) is 6.57 Å². The first-order valence-electron chi connectivity index (χ1n) is 17.7. The molecule has 0 saturated heterocycles. The van der Waals surface area contributed by atoms with E-state index in [1.54, 1.807) is 11.3 Å². The van der Waals surface area contributed by atoms with Gasteiger partial charge in [-0.3, -0.25) is 0 Å². The number of furan rings is 1. The predicted octanol–water partition coefficient (Wildman–Crippen LogP) is 14.6. The van der Waals surface area contributed by atoms with Crippen molar-refractivity contribution in [3.8, 4) is 39.1 Å². The highest BCUT2D eigenvalue weighted by Gasteiger charge is 2.21. The molecule has 0 N–H and O–H groups in total. The Morgan fingerprint density at radius 2 is 1.08 bits per heavy atom. The van der Waals surface area contributed by atoms with Gasteiger partial charge in [-0.25, -0.2) is 4.85 Å². The number of benzene rings is 8. The molecule has 246 valence electrons. The van der Waals surface area contributed by atoms with Crippen molar-refractivity contribution in [1.29, 1.82) is 0 Å². The highest BCUT2D eigenvalue weighted by molar-refractivity contribution is 7.27. The maximum Gasteiger partial charge on any atom is 0.204 e. The fraction of sp³-hybridized carbons (Fsp3) is 0. The molecule has 3 nitrogen and oxygen atoms in total. The van der Waals surface area contributed by atoms with Gasteiger partial charge in [-0.2, -0.15) is 0 Å². The molecule has 0 fully saturated rings. The van der Waals surface area contributed by atoms with Gasteiger partial charge in [0.25, 0.3) is 0 Å².